The van der Waals surface area contributed by atoms with E-state index in [-0.39, 0.29) is 6.04 Å². The Morgan fingerprint density at radius 3 is 2.79 bits per heavy atom. The standard InChI is InChI=1S/C18H21NO5/c1-22-12-7-8-13(16(11-12)23-2)17(15-6-4-10-24-15)19-9-3-5-14(19)18(20)21/h4,6-8,10-11,14,17H,3,5,9H2,1-2H3,(H,20,21). The van der Waals surface area contributed by atoms with Crippen LogP contribution in [0.1, 0.15) is 30.2 Å². The largest absolute Gasteiger partial charge is 0.497 e. The van der Waals surface area contributed by atoms with Crippen LogP contribution in [0.15, 0.2) is 41.0 Å². The van der Waals surface area contributed by atoms with E-state index in [1.807, 2.05) is 29.2 Å². The molecule has 1 fully saturated rings. The van der Waals surface area contributed by atoms with Crippen molar-refractivity contribution in [3.05, 3.63) is 47.9 Å². The zero-order chi connectivity index (χ0) is 17.1. The van der Waals surface area contributed by atoms with Crippen LogP contribution in [0.3, 0.4) is 0 Å². The fraction of sp³-hybridized carbons (Fsp3) is 0.389. The number of furan rings is 1. The summed E-state index contributed by atoms with van der Waals surface area (Å²) >= 11 is 0. The Morgan fingerprint density at radius 1 is 1.33 bits per heavy atom. The highest BCUT2D eigenvalue weighted by molar-refractivity contribution is 5.74. The molecule has 0 amide bonds. The highest BCUT2D eigenvalue weighted by atomic mass is 16.5. The van der Waals surface area contributed by atoms with Crippen molar-refractivity contribution in [2.45, 2.75) is 24.9 Å². The monoisotopic (exact) mass is 331 g/mol. The minimum atomic E-state index is -0.809. The molecule has 0 aliphatic carbocycles. The van der Waals surface area contributed by atoms with Crippen molar-refractivity contribution in [3.63, 3.8) is 0 Å². The zero-order valence-electron chi connectivity index (χ0n) is 13.8. The summed E-state index contributed by atoms with van der Waals surface area (Å²) in [6.07, 6.45) is 3.07. The van der Waals surface area contributed by atoms with E-state index in [2.05, 4.69) is 0 Å². The Bertz CT molecular complexity index is 697. The van der Waals surface area contributed by atoms with Crippen LogP contribution in [-0.2, 0) is 4.79 Å². The zero-order valence-corrected chi connectivity index (χ0v) is 13.8. The third kappa shape index (κ3) is 2.97. The maximum atomic E-state index is 11.6. The van der Waals surface area contributed by atoms with Crippen LogP contribution < -0.4 is 9.47 Å². The molecule has 1 aromatic carbocycles. The van der Waals surface area contributed by atoms with Crippen molar-refractivity contribution in [1.29, 1.82) is 0 Å². The van der Waals surface area contributed by atoms with Crippen molar-refractivity contribution < 1.29 is 23.8 Å². The number of carboxylic acids is 1. The van der Waals surface area contributed by atoms with Gasteiger partial charge < -0.3 is 19.0 Å². The van der Waals surface area contributed by atoms with Gasteiger partial charge >= 0.3 is 5.97 Å². The van der Waals surface area contributed by atoms with E-state index in [4.69, 9.17) is 13.9 Å². The molecule has 1 aliphatic heterocycles. The number of benzene rings is 1. The second-order valence-electron chi connectivity index (χ2n) is 5.76. The number of methoxy groups -OCH3 is 2. The predicted molar refractivity (Wildman–Crippen MR) is 87.5 cm³/mol. The maximum Gasteiger partial charge on any atom is 0.320 e. The third-order valence-electron chi connectivity index (χ3n) is 4.46. The van der Waals surface area contributed by atoms with Crippen LogP contribution in [0, 0.1) is 0 Å². The van der Waals surface area contributed by atoms with Gasteiger partial charge in [-0.1, -0.05) is 0 Å². The molecular weight excluding hydrogens is 310 g/mol. The minimum Gasteiger partial charge on any atom is -0.497 e. The van der Waals surface area contributed by atoms with Gasteiger partial charge in [-0.15, -0.1) is 0 Å². The van der Waals surface area contributed by atoms with Crippen molar-refractivity contribution in [2.75, 3.05) is 20.8 Å². The SMILES string of the molecule is COc1ccc(C(c2ccco2)N2CCCC2C(=O)O)c(OC)c1. The van der Waals surface area contributed by atoms with Gasteiger partial charge in [-0.3, -0.25) is 9.69 Å². The molecule has 1 N–H and O–H groups in total. The summed E-state index contributed by atoms with van der Waals surface area (Å²) in [5.74, 6) is 1.22. The summed E-state index contributed by atoms with van der Waals surface area (Å²) in [7, 11) is 3.19. The molecule has 0 radical (unpaired) electrons. The molecule has 1 aromatic heterocycles. The molecule has 1 aliphatic rings. The summed E-state index contributed by atoms with van der Waals surface area (Å²) in [5, 5.41) is 9.56. The number of likely N-dealkylation sites (tertiary alicyclic amines) is 1. The van der Waals surface area contributed by atoms with Gasteiger partial charge in [0.1, 0.15) is 23.3 Å². The lowest BCUT2D eigenvalue weighted by Crippen LogP contribution is -2.39. The van der Waals surface area contributed by atoms with Crippen LogP contribution in [0.2, 0.25) is 0 Å². The Labute approximate surface area is 140 Å². The van der Waals surface area contributed by atoms with Crippen molar-refractivity contribution >= 4 is 5.97 Å². The van der Waals surface area contributed by atoms with E-state index < -0.39 is 12.0 Å². The molecular formula is C18H21NO5. The van der Waals surface area contributed by atoms with Crippen molar-refractivity contribution in [3.8, 4) is 11.5 Å². The van der Waals surface area contributed by atoms with E-state index in [9.17, 15) is 9.90 Å². The summed E-state index contributed by atoms with van der Waals surface area (Å²) in [5.41, 5.74) is 0.862. The average molecular weight is 331 g/mol. The van der Waals surface area contributed by atoms with E-state index in [0.717, 1.165) is 12.0 Å². The minimum absolute atomic E-state index is 0.315. The van der Waals surface area contributed by atoms with Gasteiger partial charge in [0.2, 0.25) is 0 Å². The lowest BCUT2D eigenvalue weighted by atomic mass is 10.00. The molecule has 3 rings (SSSR count). The maximum absolute atomic E-state index is 11.6. The van der Waals surface area contributed by atoms with E-state index in [1.165, 1.54) is 0 Å². The molecule has 0 spiro atoms. The normalized spacial score (nSPS) is 19.2. The quantitative estimate of drug-likeness (QED) is 0.877. The Hall–Kier alpha value is -2.47. The molecule has 1 saturated heterocycles. The molecule has 6 heteroatoms. The first kappa shape index (κ1) is 16.4. The Kier molecular flexibility index (Phi) is 4.76. The second-order valence-corrected chi connectivity index (χ2v) is 5.76. The molecule has 6 nitrogen and oxygen atoms in total. The molecule has 0 bridgehead atoms. The first-order valence-corrected chi connectivity index (χ1v) is 7.89. The number of rotatable bonds is 6. The van der Waals surface area contributed by atoms with Gasteiger partial charge in [-0.2, -0.15) is 0 Å². The van der Waals surface area contributed by atoms with Crippen LogP contribution in [0.4, 0.5) is 0 Å². The molecule has 2 atom stereocenters. The smallest absolute Gasteiger partial charge is 0.320 e. The van der Waals surface area contributed by atoms with Gasteiger partial charge in [0.15, 0.2) is 0 Å². The Morgan fingerprint density at radius 2 is 2.17 bits per heavy atom. The summed E-state index contributed by atoms with van der Waals surface area (Å²) in [6, 6.07) is 8.38. The Balaban J connectivity index is 2.08. The third-order valence-corrected chi connectivity index (χ3v) is 4.46. The molecule has 128 valence electrons. The van der Waals surface area contributed by atoms with Crippen LogP contribution in [0.25, 0.3) is 0 Å². The molecule has 0 saturated carbocycles. The van der Waals surface area contributed by atoms with Gasteiger partial charge in [0, 0.05) is 18.2 Å². The predicted octanol–water partition coefficient (Wildman–Crippen LogP) is 2.94. The number of hydrogen-bond acceptors (Lipinski definition) is 5. The van der Waals surface area contributed by atoms with Crippen LogP contribution in [0.5, 0.6) is 11.5 Å². The fourth-order valence-electron chi connectivity index (χ4n) is 3.35. The highest BCUT2D eigenvalue weighted by Gasteiger charge is 2.39. The van der Waals surface area contributed by atoms with E-state index in [0.29, 0.717) is 30.2 Å². The topological polar surface area (TPSA) is 72.1 Å². The highest BCUT2D eigenvalue weighted by Crippen LogP contribution is 2.40. The lowest BCUT2D eigenvalue weighted by Gasteiger charge is -2.31. The van der Waals surface area contributed by atoms with Crippen molar-refractivity contribution in [2.24, 2.45) is 0 Å². The van der Waals surface area contributed by atoms with Gasteiger partial charge in [0.25, 0.3) is 0 Å². The van der Waals surface area contributed by atoms with Gasteiger partial charge in [-0.05, 0) is 37.1 Å². The van der Waals surface area contributed by atoms with Crippen molar-refractivity contribution in [1.82, 2.24) is 4.90 Å². The summed E-state index contributed by atoms with van der Waals surface area (Å²) in [6.45, 7) is 0.692. The second kappa shape index (κ2) is 6.97. The molecule has 2 aromatic rings. The van der Waals surface area contributed by atoms with Gasteiger partial charge in [0.05, 0.1) is 26.5 Å². The molecule has 2 unspecified atom stereocenters. The number of ether oxygens (including phenoxy) is 2. The number of aliphatic carboxylic acids is 1. The fourth-order valence-corrected chi connectivity index (χ4v) is 3.35. The van der Waals surface area contributed by atoms with Crippen LogP contribution in [-0.4, -0.2) is 42.8 Å². The number of carbonyl (C=O) groups is 1. The summed E-state index contributed by atoms with van der Waals surface area (Å²) < 4.78 is 16.4. The van der Waals surface area contributed by atoms with Crippen LogP contribution >= 0.6 is 0 Å². The van der Waals surface area contributed by atoms with Gasteiger partial charge in [-0.25, -0.2) is 0 Å². The lowest BCUT2D eigenvalue weighted by molar-refractivity contribution is -0.142. The molecule has 2 heterocycles. The number of hydrogen-bond donors (Lipinski definition) is 1. The number of carboxylic acid groups (broad SMARTS) is 1. The van der Waals surface area contributed by atoms with E-state index in [1.54, 1.807) is 26.5 Å². The molecule has 24 heavy (non-hydrogen) atoms. The first-order valence-electron chi connectivity index (χ1n) is 7.89. The average Bonchev–Trinajstić information content (AvgIpc) is 3.27. The summed E-state index contributed by atoms with van der Waals surface area (Å²) in [4.78, 5) is 13.6. The number of nitrogens with zero attached hydrogens (tertiary/aromatic N) is 1. The van der Waals surface area contributed by atoms with E-state index >= 15 is 0 Å². The first-order chi connectivity index (χ1) is 11.7.